The van der Waals surface area contributed by atoms with Crippen molar-refractivity contribution < 1.29 is 14.0 Å². The third-order valence-corrected chi connectivity index (χ3v) is 4.31. The maximum absolute atomic E-state index is 13.2. The average Bonchev–Trinajstić information content (AvgIpc) is 2.55. The van der Waals surface area contributed by atoms with Crippen molar-refractivity contribution in [3.63, 3.8) is 0 Å². The summed E-state index contributed by atoms with van der Waals surface area (Å²) in [5.41, 5.74) is 0.623. The Bertz CT molecular complexity index is 929. The fraction of sp³-hybridized carbons (Fsp3) is 0. The van der Waals surface area contributed by atoms with Crippen LogP contribution in [0.3, 0.4) is 0 Å². The maximum Gasteiger partial charge on any atom is 0.270 e. The zero-order valence-corrected chi connectivity index (χ0v) is 14.8. The molecule has 2 amide bonds. The van der Waals surface area contributed by atoms with Gasteiger partial charge in [-0.3, -0.25) is 19.8 Å². The van der Waals surface area contributed by atoms with Crippen molar-refractivity contribution in [2.24, 2.45) is 0 Å². The molecule has 0 aromatic heterocycles. The second-order valence-corrected chi connectivity index (χ2v) is 6.33. The Labute approximate surface area is 157 Å². The molecule has 0 unspecified atom stereocenters. The van der Waals surface area contributed by atoms with Crippen molar-refractivity contribution in [1.29, 1.82) is 0 Å². The van der Waals surface area contributed by atoms with Gasteiger partial charge in [-0.15, -0.1) is 0 Å². The SMILES string of the molecule is O=C1NC(=S)N(c2ccc(Cl)cc2)C(=O)C1=Cc1ccc(F)cc1Cl. The normalized spacial score (nSPS) is 16.4. The summed E-state index contributed by atoms with van der Waals surface area (Å²) in [6.07, 6.45) is 1.30. The fourth-order valence-electron chi connectivity index (χ4n) is 2.26. The Morgan fingerprint density at radius 3 is 2.40 bits per heavy atom. The van der Waals surface area contributed by atoms with Crippen molar-refractivity contribution in [3.05, 3.63) is 69.5 Å². The van der Waals surface area contributed by atoms with Crippen LogP contribution in [0.5, 0.6) is 0 Å². The number of hydrogen-bond donors (Lipinski definition) is 1. The van der Waals surface area contributed by atoms with E-state index in [1.807, 2.05) is 0 Å². The van der Waals surface area contributed by atoms with Gasteiger partial charge < -0.3 is 0 Å². The van der Waals surface area contributed by atoms with Crippen LogP contribution in [-0.4, -0.2) is 16.9 Å². The molecule has 0 spiro atoms. The molecule has 3 rings (SSSR count). The van der Waals surface area contributed by atoms with Crippen LogP contribution >= 0.6 is 35.4 Å². The largest absolute Gasteiger partial charge is 0.298 e. The minimum Gasteiger partial charge on any atom is -0.298 e. The summed E-state index contributed by atoms with van der Waals surface area (Å²) in [7, 11) is 0. The van der Waals surface area contributed by atoms with Gasteiger partial charge in [-0.25, -0.2) is 4.39 Å². The zero-order valence-electron chi connectivity index (χ0n) is 12.4. The molecule has 1 saturated heterocycles. The first-order chi connectivity index (χ1) is 11.9. The van der Waals surface area contributed by atoms with Gasteiger partial charge in [-0.05, 0) is 60.3 Å². The monoisotopic (exact) mass is 394 g/mol. The summed E-state index contributed by atoms with van der Waals surface area (Å²) in [5.74, 6) is -1.78. The Hall–Kier alpha value is -2.28. The van der Waals surface area contributed by atoms with Crippen molar-refractivity contribution in [3.8, 4) is 0 Å². The van der Waals surface area contributed by atoms with E-state index in [0.717, 1.165) is 6.07 Å². The molecule has 1 aliphatic heterocycles. The van der Waals surface area contributed by atoms with E-state index < -0.39 is 17.6 Å². The number of thiocarbonyl (C=S) groups is 1. The highest BCUT2D eigenvalue weighted by atomic mass is 35.5. The number of carbonyl (C=O) groups is 2. The number of anilines is 1. The van der Waals surface area contributed by atoms with Gasteiger partial charge in [-0.2, -0.15) is 0 Å². The highest BCUT2D eigenvalue weighted by Crippen LogP contribution is 2.25. The Morgan fingerprint density at radius 1 is 1.08 bits per heavy atom. The van der Waals surface area contributed by atoms with E-state index >= 15 is 0 Å². The molecule has 1 fully saturated rings. The molecule has 0 saturated carbocycles. The van der Waals surface area contributed by atoms with Crippen LogP contribution in [0.25, 0.3) is 6.08 Å². The molecule has 0 aliphatic carbocycles. The van der Waals surface area contributed by atoms with E-state index in [1.165, 1.54) is 23.1 Å². The van der Waals surface area contributed by atoms with Crippen LogP contribution in [-0.2, 0) is 9.59 Å². The van der Waals surface area contributed by atoms with Crippen LogP contribution in [0, 0.1) is 5.82 Å². The molecule has 126 valence electrons. The minimum atomic E-state index is -0.652. The predicted octanol–water partition coefficient (Wildman–Crippen LogP) is 3.96. The third-order valence-electron chi connectivity index (χ3n) is 3.45. The molecule has 1 aliphatic rings. The van der Waals surface area contributed by atoms with Crippen molar-refractivity contribution >= 4 is 64.1 Å². The quantitative estimate of drug-likeness (QED) is 0.476. The van der Waals surface area contributed by atoms with Crippen LogP contribution in [0.15, 0.2) is 48.0 Å². The zero-order chi connectivity index (χ0) is 18.1. The van der Waals surface area contributed by atoms with Crippen LogP contribution in [0.4, 0.5) is 10.1 Å². The van der Waals surface area contributed by atoms with Gasteiger partial charge in [0.1, 0.15) is 11.4 Å². The summed E-state index contributed by atoms with van der Waals surface area (Å²) in [5, 5.41) is 2.99. The third kappa shape index (κ3) is 3.56. The lowest BCUT2D eigenvalue weighted by Crippen LogP contribution is -2.54. The summed E-state index contributed by atoms with van der Waals surface area (Å²) in [4.78, 5) is 26.1. The summed E-state index contributed by atoms with van der Waals surface area (Å²) < 4.78 is 13.2. The standard InChI is InChI=1S/C17H9Cl2FN2O2S/c18-10-2-5-12(6-3-10)22-16(24)13(15(23)21-17(22)25)7-9-1-4-11(20)8-14(9)19/h1-8H,(H,21,23,25). The molecule has 2 aromatic rings. The first-order valence-electron chi connectivity index (χ1n) is 6.99. The second kappa shape index (κ2) is 6.92. The number of halogens is 3. The molecule has 4 nitrogen and oxygen atoms in total. The molecule has 0 bridgehead atoms. The van der Waals surface area contributed by atoms with Crippen LogP contribution in [0.2, 0.25) is 10.0 Å². The van der Waals surface area contributed by atoms with Gasteiger partial charge in [-0.1, -0.05) is 29.3 Å². The highest BCUT2D eigenvalue weighted by Gasteiger charge is 2.34. The molecule has 2 aromatic carbocycles. The van der Waals surface area contributed by atoms with Gasteiger partial charge in [0.2, 0.25) is 0 Å². The summed E-state index contributed by atoms with van der Waals surface area (Å²) in [6, 6.07) is 10.1. The van der Waals surface area contributed by atoms with Gasteiger partial charge in [0, 0.05) is 5.02 Å². The maximum atomic E-state index is 13.2. The van der Waals surface area contributed by atoms with Gasteiger partial charge in [0.15, 0.2) is 5.11 Å². The number of amides is 2. The van der Waals surface area contributed by atoms with E-state index in [0.29, 0.717) is 16.3 Å². The van der Waals surface area contributed by atoms with Crippen LogP contribution in [0.1, 0.15) is 5.56 Å². The number of nitrogens with one attached hydrogen (secondary N) is 1. The molecule has 0 atom stereocenters. The lowest BCUT2D eigenvalue weighted by molar-refractivity contribution is -0.122. The first kappa shape index (κ1) is 17.5. The van der Waals surface area contributed by atoms with Gasteiger partial charge in [0.25, 0.3) is 11.8 Å². The number of rotatable bonds is 2. The smallest absolute Gasteiger partial charge is 0.270 e. The Kier molecular flexibility index (Phi) is 4.85. The van der Waals surface area contributed by atoms with E-state index in [2.05, 4.69) is 5.32 Å². The van der Waals surface area contributed by atoms with E-state index in [9.17, 15) is 14.0 Å². The predicted molar refractivity (Wildman–Crippen MR) is 99.1 cm³/mol. The van der Waals surface area contributed by atoms with E-state index in [1.54, 1.807) is 24.3 Å². The van der Waals surface area contributed by atoms with Crippen LogP contribution < -0.4 is 10.2 Å². The lowest BCUT2D eigenvalue weighted by atomic mass is 10.1. The Balaban J connectivity index is 2.03. The molecule has 1 N–H and O–H groups in total. The Morgan fingerprint density at radius 2 is 1.76 bits per heavy atom. The van der Waals surface area contributed by atoms with Gasteiger partial charge >= 0.3 is 0 Å². The molecule has 8 heteroatoms. The van der Waals surface area contributed by atoms with Crippen molar-refractivity contribution in [2.45, 2.75) is 0 Å². The number of carbonyl (C=O) groups excluding carboxylic acids is 2. The fourth-order valence-corrected chi connectivity index (χ4v) is 2.88. The first-order valence-corrected chi connectivity index (χ1v) is 8.15. The minimum absolute atomic E-state index is 0.0420. The highest BCUT2D eigenvalue weighted by molar-refractivity contribution is 7.80. The number of benzene rings is 2. The molecular formula is C17H9Cl2FN2O2S. The van der Waals surface area contributed by atoms with Gasteiger partial charge in [0.05, 0.1) is 10.7 Å². The molecule has 1 heterocycles. The van der Waals surface area contributed by atoms with E-state index in [4.69, 9.17) is 35.4 Å². The number of nitrogens with zero attached hydrogens (tertiary/aromatic N) is 1. The molecule has 25 heavy (non-hydrogen) atoms. The topological polar surface area (TPSA) is 49.4 Å². The van der Waals surface area contributed by atoms with Crippen molar-refractivity contribution in [1.82, 2.24) is 5.32 Å². The molecule has 0 radical (unpaired) electrons. The summed E-state index contributed by atoms with van der Waals surface area (Å²) in [6.45, 7) is 0. The lowest BCUT2D eigenvalue weighted by Gasteiger charge is -2.29. The molecular weight excluding hydrogens is 386 g/mol. The average molecular weight is 395 g/mol. The second-order valence-electron chi connectivity index (χ2n) is 5.10. The van der Waals surface area contributed by atoms with E-state index in [-0.39, 0.29) is 15.7 Å². The van der Waals surface area contributed by atoms with Crippen molar-refractivity contribution in [2.75, 3.05) is 4.90 Å². The summed E-state index contributed by atoms with van der Waals surface area (Å²) >= 11 is 16.9. The number of hydrogen-bond acceptors (Lipinski definition) is 3.